The van der Waals surface area contributed by atoms with E-state index in [9.17, 15) is 0 Å². The molecule has 30 heavy (non-hydrogen) atoms. The predicted octanol–water partition coefficient (Wildman–Crippen LogP) is 8.47. The number of halogens is 3. The maximum atomic E-state index is 6.34. The van der Waals surface area contributed by atoms with Gasteiger partial charge in [-0.3, -0.25) is 0 Å². The van der Waals surface area contributed by atoms with Crippen LogP contribution in [0.2, 0.25) is 10.0 Å². The summed E-state index contributed by atoms with van der Waals surface area (Å²) in [6, 6.07) is 20.0. The summed E-state index contributed by atoms with van der Waals surface area (Å²) in [5, 5.41) is 3.81. The molecule has 0 aliphatic rings. The van der Waals surface area contributed by atoms with Crippen molar-refractivity contribution in [1.29, 1.82) is 0 Å². The second kappa shape index (κ2) is 9.17. The van der Waals surface area contributed by atoms with Gasteiger partial charge in [0.1, 0.15) is 5.75 Å². The molecule has 0 saturated heterocycles. The Hall–Kier alpha value is -2.40. The Labute approximate surface area is 193 Å². The molecule has 3 nitrogen and oxygen atoms in total. The maximum Gasteiger partial charge on any atom is 0.119 e. The third-order valence-electron chi connectivity index (χ3n) is 4.71. The highest BCUT2D eigenvalue weighted by atomic mass is 79.9. The molecule has 5 rings (SSSR count). The molecule has 0 radical (unpaired) electrons. The van der Waals surface area contributed by atoms with Gasteiger partial charge in [-0.2, -0.15) is 0 Å². The SMILES string of the molecule is CCOc1ccc(-c2cc3cc[nH]c3cc2Cl)cc1.Clc1cc2[nH]ccc2cc1Br. The smallest absolute Gasteiger partial charge is 0.119 e. The van der Waals surface area contributed by atoms with Gasteiger partial charge in [-0.15, -0.1) is 0 Å². The van der Waals surface area contributed by atoms with E-state index in [1.807, 2.05) is 73.9 Å². The fourth-order valence-electron chi connectivity index (χ4n) is 3.24. The molecule has 0 bridgehead atoms. The van der Waals surface area contributed by atoms with Gasteiger partial charge in [0, 0.05) is 44.2 Å². The molecule has 2 N–H and O–H groups in total. The van der Waals surface area contributed by atoms with E-state index in [2.05, 4.69) is 32.0 Å². The van der Waals surface area contributed by atoms with Crippen molar-refractivity contribution in [2.45, 2.75) is 6.92 Å². The van der Waals surface area contributed by atoms with Crippen LogP contribution in [0.1, 0.15) is 6.92 Å². The summed E-state index contributed by atoms with van der Waals surface area (Å²) in [4.78, 5) is 6.24. The number of hydrogen-bond donors (Lipinski definition) is 2. The fourth-order valence-corrected chi connectivity index (χ4v) is 4.04. The molecule has 0 aliphatic heterocycles. The minimum Gasteiger partial charge on any atom is -0.494 e. The largest absolute Gasteiger partial charge is 0.494 e. The number of nitrogens with one attached hydrogen (secondary N) is 2. The van der Waals surface area contributed by atoms with Crippen LogP contribution in [-0.2, 0) is 0 Å². The van der Waals surface area contributed by atoms with Gasteiger partial charge in [0.05, 0.1) is 16.7 Å². The van der Waals surface area contributed by atoms with E-state index >= 15 is 0 Å². The van der Waals surface area contributed by atoms with E-state index < -0.39 is 0 Å². The summed E-state index contributed by atoms with van der Waals surface area (Å²) in [7, 11) is 0. The quantitative estimate of drug-likeness (QED) is 0.255. The van der Waals surface area contributed by atoms with Gasteiger partial charge < -0.3 is 14.7 Å². The number of H-pyrrole nitrogens is 2. The molecule has 5 aromatic rings. The lowest BCUT2D eigenvalue weighted by Gasteiger charge is -2.07. The Kier molecular flexibility index (Phi) is 6.38. The predicted molar refractivity (Wildman–Crippen MR) is 131 cm³/mol. The zero-order valence-electron chi connectivity index (χ0n) is 16.2. The molecule has 0 spiro atoms. The molecular weight excluding hydrogens is 483 g/mol. The van der Waals surface area contributed by atoms with Crippen molar-refractivity contribution in [3.05, 3.63) is 87.6 Å². The lowest BCUT2D eigenvalue weighted by Crippen LogP contribution is -1.90. The second-order valence-electron chi connectivity index (χ2n) is 6.69. The molecule has 2 aromatic heterocycles. The molecule has 152 valence electrons. The van der Waals surface area contributed by atoms with Gasteiger partial charge in [0.15, 0.2) is 0 Å². The zero-order valence-corrected chi connectivity index (χ0v) is 19.3. The monoisotopic (exact) mass is 500 g/mol. The summed E-state index contributed by atoms with van der Waals surface area (Å²) in [6.45, 7) is 2.65. The molecule has 0 fully saturated rings. The molecule has 0 unspecified atom stereocenters. The van der Waals surface area contributed by atoms with E-state index in [-0.39, 0.29) is 0 Å². The van der Waals surface area contributed by atoms with Crippen LogP contribution in [0.25, 0.3) is 32.9 Å². The van der Waals surface area contributed by atoms with E-state index in [0.29, 0.717) is 6.61 Å². The van der Waals surface area contributed by atoms with E-state index in [1.54, 1.807) is 0 Å². The average molecular weight is 502 g/mol. The van der Waals surface area contributed by atoms with Gasteiger partial charge in [0.2, 0.25) is 0 Å². The summed E-state index contributed by atoms with van der Waals surface area (Å²) in [5.74, 6) is 0.880. The van der Waals surface area contributed by atoms with Crippen molar-refractivity contribution in [2.75, 3.05) is 6.61 Å². The number of ether oxygens (including phenoxy) is 1. The molecule has 6 heteroatoms. The third-order valence-corrected chi connectivity index (χ3v) is 6.22. The first-order chi connectivity index (χ1) is 14.5. The highest BCUT2D eigenvalue weighted by Gasteiger charge is 2.06. The topological polar surface area (TPSA) is 40.8 Å². The molecule has 0 saturated carbocycles. The minimum atomic E-state index is 0.676. The average Bonchev–Trinajstić information content (AvgIpc) is 3.38. The van der Waals surface area contributed by atoms with Gasteiger partial charge >= 0.3 is 0 Å². The number of benzene rings is 3. The van der Waals surface area contributed by atoms with Crippen LogP contribution >= 0.6 is 39.1 Å². The van der Waals surface area contributed by atoms with Crippen LogP contribution in [0.15, 0.2) is 77.5 Å². The van der Waals surface area contributed by atoms with Gasteiger partial charge in [0.25, 0.3) is 0 Å². The van der Waals surface area contributed by atoms with Crippen LogP contribution in [0.5, 0.6) is 5.75 Å². The summed E-state index contributed by atoms with van der Waals surface area (Å²) < 4.78 is 6.38. The van der Waals surface area contributed by atoms with Gasteiger partial charge in [-0.1, -0.05) is 35.3 Å². The lowest BCUT2D eigenvalue weighted by molar-refractivity contribution is 0.340. The molecular formula is C24H19BrCl2N2O. The minimum absolute atomic E-state index is 0.676. The number of aromatic amines is 2. The van der Waals surface area contributed by atoms with Crippen molar-refractivity contribution in [2.24, 2.45) is 0 Å². The van der Waals surface area contributed by atoms with Crippen molar-refractivity contribution in [3.63, 3.8) is 0 Å². The van der Waals surface area contributed by atoms with Crippen LogP contribution in [0, 0.1) is 0 Å². The molecule has 0 aliphatic carbocycles. The Balaban J connectivity index is 0.000000168. The molecule has 0 atom stereocenters. The highest BCUT2D eigenvalue weighted by molar-refractivity contribution is 9.10. The first kappa shape index (κ1) is 20.9. The maximum absolute atomic E-state index is 6.34. The molecule has 3 aromatic carbocycles. The van der Waals surface area contributed by atoms with E-state index in [1.165, 1.54) is 5.39 Å². The molecule has 2 heterocycles. The summed E-state index contributed by atoms with van der Waals surface area (Å²) in [6.07, 6.45) is 3.82. The Morgan fingerprint density at radius 2 is 1.40 bits per heavy atom. The number of fused-ring (bicyclic) bond motifs is 2. The van der Waals surface area contributed by atoms with Crippen molar-refractivity contribution in [1.82, 2.24) is 9.97 Å². The van der Waals surface area contributed by atoms with Crippen LogP contribution in [0.4, 0.5) is 0 Å². The second-order valence-corrected chi connectivity index (χ2v) is 8.35. The summed E-state index contributed by atoms with van der Waals surface area (Å²) in [5.41, 5.74) is 4.26. The normalized spacial score (nSPS) is 10.8. The lowest BCUT2D eigenvalue weighted by atomic mass is 10.0. The Morgan fingerprint density at radius 3 is 2.03 bits per heavy atom. The first-order valence-corrected chi connectivity index (χ1v) is 11.0. The van der Waals surface area contributed by atoms with Crippen LogP contribution in [0.3, 0.4) is 0 Å². The molecule has 0 amide bonds. The first-order valence-electron chi connectivity index (χ1n) is 9.47. The van der Waals surface area contributed by atoms with Gasteiger partial charge in [-0.05, 0) is 76.9 Å². The van der Waals surface area contributed by atoms with Crippen molar-refractivity contribution in [3.8, 4) is 16.9 Å². The van der Waals surface area contributed by atoms with Crippen molar-refractivity contribution >= 4 is 60.9 Å². The highest BCUT2D eigenvalue weighted by Crippen LogP contribution is 2.32. The summed E-state index contributed by atoms with van der Waals surface area (Å²) >= 11 is 15.6. The van der Waals surface area contributed by atoms with Gasteiger partial charge in [-0.25, -0.2) is 0 Å². The number of hydrogen-bond acceptors (Lipinski definition) is 1. The Morgan fingerprint density at radius 1 is 0.800 bits per heavy atom. The number of aromatic nitrogens is 2. The van der Waals surface area contributed by atoms with Crippen LogP contribution in [-0.4, -0.2) is 16.6 Å². The van der Waals surface area contributed by atoms with Crippen LogP contribution < -0.4 is 4.74 Å². The Bertz CT molecular complexity index is 1260. The van der Waals surface area contributed by atoms with Crippen molar-refractivity contribution < 1.29 is 4.74 Å². The van der Waals surface area contributed by atoms with E-state index in [4.69, 9.17) is 27.9 Å². The standard InChI is InChI=1S/C16H14ClNO.C8H5BrClN/c1-2-19-13-5-3-11(4-6-13)14-9-12-7-8-18-16(12)10-15(14)17;9-6-3-5-1-2-11-8(5)4-7(6)10/h3-10,18H,2H2,1H3;1-4,11H. The fraction of sp³-hybridized carbons (Fsp3) is 0.0833. The third kappa shape index (κ3) is 4.51. The zero-order chi connectivity index (χ0) is 21.1. The number of rotatable bonds is 3. The van der Waals surface area contributed by atoms with E-state index in [0.717, 1.165) is 47.8 Å².